The van der Waals surface area contributed by atoms with Crippen molar-refractivity contribution in [1.29, 1.82) is 5.41 Å². The van der Waals surface area contributed by atoms with E-state index in [0.717, 1.165) is 51.5 Å². The molecular formula is C24H27ClN8O3. The highest BCUT2D eigenvalue weighted by Crippen LogP contribution is 2.33. The van der Waals surface area contributed by atoms with Gasteiger partial charge in [-0.15, -0.1) is 0 Å². The normalized spacial score (nSPS) is 13.1. The SMILES string of the molecule is COc1cc(Nc2nccc(-c3ccc(N(Cl)C(=O)CN(N)C=N)cc3)n2)ccc1N1CCOCC1. The summed E-state index contributed by atoms with van der Waals surface area (Å²) in [4.78, 5) is 23.4. The van der Waals surface area contributed by atoms with Crippen LogP contribution in [0.2, 0.25) is 0 Å². The fourth-order valence-electron chi connectivity index (χ4n) is 3.70. The maximum absolute atomic E-state index is 12.2. The van der Waals surface area contributed by atoms with Gasteiger partial charge in [-0.2, -0.15) is 0 Å². The number of amides is 1. The van der Waals surface area contributed by atoms with E-state index in [2.05, 4.69) is 20.2 Å². The maximum atomic E-state index is 12.2. The number of aromatic nitrogens is 2. The molecule has 3 aromatic rings. The van der Waals surface area contributed by atoms with Gasteiger partial charge in [-0.3, -0.25) is 15.2 Å². The van der Waals surface area contributed by atoms with E-state index in [-0.39, 0.29) is 6.54 Å². The van der Waals surface area contributed by atoms with Crippen LogP contribution < -0.4 is 25.2 Å². The van der Waals surface area contributed by atoms with Gasteiger partial charge in [-0.25, -0.2) is 20.2 Å². The number of nitrogens with two attached hydrogens (primary N) is 1. The van der Waals surface area contributed by atoms with Crippen molar-refractivity contribution in [2.75, 3.05) is 54.6 Å². The first-order valence-electron chi connectivity index (χ1n) is 11.2. The van der Waals surface area contributed by atoms with Crippen LogP contribution in [0.15, 0.2) is 54.7 Å². The van der Waals surface area contributed by atoms with Gasteiger partial charge in [-0.1, -0.05) is 12.1 Å². The second-order valence-electron chi connectivity index (χ2n) is 7.90. The van der Waals surface area contributed by atoms with Crippen LogP contribution in [0.5, 0.6) is 5.75 Å². The average molecular weight is 511 g/mol. The largest absolute Gasteiger partial charge is 0.495 e. The minimum atomic E-state index is -0.459. The topological polar surface area (TPSA) is 133 Å². The predicted molar refractivity (Wildman–Crippen MR) is 140 cm³/mol. The molecule has 1 fully saturated rings. The van der Waals surface area contributed by atoms with Crippen molar-refractivity contribution in [2.45, 2.75) is 0 Å². The summed E-state index contributed by atoms with van der Waals surface area (Å²) in [5.74, 6) is 6.20. The first-order valence-corrected chi connectivity index (χ1v) is 11.5. The van der Waals surface area contributed by atoms with Crippen LogP contribution in [-0.4, -0.2) is 67.2 Å². The molecule has 1 aromatic heterocycles. The fraction of sp³-hybridized carbons (Fsp3) is 0.250. The van der Waals surface area contributed by atoms with Gasteiger partial charge in [0.05, 0.1) is 43.7 Å². The van der Waals surface area contributed by atoms with Crippen molar-refractivity contribution < 1.29 is 14.3 Å². The standard InChI is InChI=1S/C24H27ClN8O3/c1-35-22-14-18(4-7-21(22)31-10-12-36-13-11-31)29-24-28-9-8-20(30-24)17-2-5-19(6-3-17)33(25)23(34)15-32(27)16-26/h2-9,14,16,26H,10-13,15,27H2,1H3,(H,28,29,30). The first-order chi connectivity index (χ1) is 17.5. The van der Waals surface area contributed by atoms with Gasteiger partial charge in [-0.05, 0) is 30.3 Å². The zero-order chi connectivity index (χ0) is 25.5. The Morgan fingerprint density at radius 2 is 2.00 bits per heavy atom. The molecule has 12 heteroatoms. The lowest BCUT2D eigenvalue weighted by Gasteiger charge is -2.30. The number of benzene rings is 2. The van der Waals surface area contributed by atoms with Crippen molar-refractivity contribution in [3.05, 3.63) is 54.7 Å². The van der Waals surface area contributed by atoms with Crippen LogP contribution in [0.3, 0.4) is 0 Å². The van der Waals surface area contributed by atoms with E-state index in [0.29, 0.717) is 30.5 Å². The number of methoxy groups -OCH3 is 1. The summed E-state index contributed by atoms with van der Waals surface area (Å²) in [6, 6.07) is 14.7. The monoisotopic (exact) mass is 510 g/mol. The Labute approximate surface area is 214 Å². The van der Waals surface area contributed by atoms with Crippen LogP contribution >= 0.6 is 11.8 Å². The number of nitrogens with zero attached hydrogens (tertiary/aromatic N) is 5. The second kappa shape index (κ2) is 11.7. The number of rotatable bonds is 9. The van der Waals surface area contributed by atoms with Crippen molar-refractivity contribution in [2.24, 2.45) is 5.84 Å². The zero-order valence-corrected chi connectivity index (χ0v) is 20.5. The molecule has 4 rings (SSSR count). The molecule has 188 valence electrons. The Morgan fingerprint density at radius 1 is 1.25 bits per heavy atom. The molecule has 4 N–H and O–H groups in total. The molecule has 2 heterocycles. The van der Waals surface area contributed by atoms with Gasteiger partial charge in [0, 0.05) is 48.4 Å². The molecule has 1 amide bonds. The molecule has 1 aliphatic rings. The number of ether oxygens (including phenoxy) is 2. The highest BCUT2D eigenvalue weighted by molar-refractivity contribution is 6.37. The summed E-state index contributed by atoms with van der Waals surface area (Å²) < 4.78 is 12.0. The van der Waals surface area contributed by atoms with Crippen LogP contribution in [-0.2, 0) is 9.53 Å². The quantitative estimate of drug-likeness (QED) is 0.130. The lowest BCUT2D eigenvalue weighted by molar-refractivity contribution is -0.117. The lowest BCUT2D eigenvalue weighted by Crippen LogP contribution is -2.39. The number of nitrogens with one attached hydrogen (secondary N) is 2. The van der Waals surface area contributed by atoms with Crippen LogP contribution in [0.4, 0.5) is 23.0 Å². The number of hydrogen-bond acceptors (Lipinski definition) is 9. The molecule has 1 aliphatic heterocycles. The van der Waals surface area contributed by atoms with E-state index in [4.69, 9.17) is 32.5 Å². The summed E-state index contributed by atoms with van der Waals surface area (Å²) in [7, 11) is 1.65. The summed E-state index contributed by atoms with van der Waals surface area (Å²) in [6.07, 6.45) is 2.52. The summed E-state index contributed by atoms with van der Waals surface area (Å²) >= 11 is 6.13. The molecule has 36 heavy (non-hydrogen) atoms. The van der Waals surface area contributed by atoms with E-state index in [1.807, 2.05) is 18.2 Å². The highest BCUT2D eigenvalue weighted by atomic mass is 35.5. The maximum Gasteiger partial charge on any atom is 0.262 e. The molecule has 0 unspecified atom stereocenters. The van der Waals surface area contributed by atoms with E-state index in [1.54, 1.807) is 43.6 Å². The number of hydrogen-bond donors (Lipinski definition) is 3. The number of morpholine rings is 1. The predicted octanol–water partition coefficient (Wildman–Crippen LogP) is 3.00. The third-order valence-corrected chi connectivity index (χ3v) is 5.92. The smallest absolute Gasteiger partial charge is 0.262 e. The van der Waals surface area contributed by atoms with Gasteiger partial charge >= 0.3 is 0 Å². The van der Waals surface area contributed by atoms with E-state index in [9.17, 15) is 4.79 Å². The van der Waals surface area contributed by atoms with Gasteiger partial charge < -0.3 is 19.7 Å². The Bertz CT molecular complexity index is 1200. The Kier molecular flexibility index (Phi) is 8.16. The molecule has 0 atom stereocenters. The van der Waals surface area contributed by atoms with Gasteiger partial charge in [0.2, 0.25) is 5.95 Å². The summed E-state index contributed by atoms with van der Waals surface area (Å²) in [5, 5.41) is 11.2. The van der Waals surface area contributed by atoms with Crippen molar-refractivity contribution in [3.63, 3.8) is 0 Å². The second-order valence-corrected chi connectivity index (χ2v) is 8.24. The third kappa shape index (κ3) is 6.00. The number of hydrazine groups is 1. The van der Waals surface area contributed by atoms with E-state index >= 15 is 0 Å². The van der Waals surface area contributed by atoms with Gasteiger partial charge in [0.25, 0.3) is 5.91 Å². The summed E-state index contributed by atoms with van der Waals surface area (Å²) in [5.41, 5.74) is 3.81. The third-order valence-electron chi connectivity index (χ3n) is 5.54. The van der Waals surface area contributed by atoms with Crippen molar-refractivity contribution >= 4 is 47.0 Å². The molecule has 11 nitrogen and oxygen atoms in total. The van der Waals surface area contributed by atoms with Crippen LogP contribution in [0.25, 0.3) is 11.3 Å². The van der Waals surface area contributed by atoms with Crippen molar-refractivity contribution in [1.82, 2.24) is 15.0 Å². The number of halogens is 1. The summed E-state index contributed by atoms with van der Waals surface area (Å²) in [6.45, 7) is 2.81. The highest BCUT2D eigenvalue weighted by Gasteiger charge is 2.17. The van der Waals surface area contributed by atoms with E-state index in [1.165, 1.54) is 0 Å². The van der Waals surface area contributed by atoms with E-state index < -0.39 is 5.91 Å². The molecular weight excluding hydrogens is 484 g/mol. The minimum absolute atomic E-state index is 0.214. The first kappa shape index (κ1) is 25.2. The zero-order valence-electron chi connectivity index (χ0n) is 19.7. The molecule has 2 aromatic carbocycles. The lowest BCUT2D eigenvalue weighted by atomic mass is 10.1. The van der Waals surface area contributed by atoms with Gasteiger partial charge in [0.1, 0.15) is 12.3 Å². The van der Waals surface area contributed by atoms with Crippen LogP contribution in [0.1, 0.15) is 0 Å². The Morgan fingerprint density at radius 3 is 2.69 bits per heavy atom. The Hall–Kier alpha value is -3.93. The van der Waals surface area contributed by atoms with Gasteiger partial charge in [0.15, 0.2) is 0 Å². The fourth-order valence-corrected chi connectivity index (χ4v) is 3.87. The average Bonchev–Trinajstić information content (AvgIpc) is 2.93. The molecule has 0 saturated carbocycles. The molecule has 0 spiro atoms. The van der Waals surface area contributed by atoms with Crippen molar-refractivity contribution in [3.8, 4) is 17.0 Å². The van der Waals surface area contributed by atoms with Crippen LogP contribution in [0, 0.1) is 5.41 Å². The number of anilines is 4. The molecule has 0 aliphatic carbocycles. The molecule has 1 saturated heterocycles. The minimum Gasteiger partial charge on any atom is -0.495 e. The molecule has 0 bridgehead atoms. The number of carbonyl (C=O) groups is 1. The number of carbonyl (C=O) groups excluding carboxylic acids is 1. The Balaban J connectivity index is 1.47. The molecule has 0 radical (unpaired) electrons.